The molecule has 0 bridgehead atoms. The van der Waals surface area contributed by atoms with Crippen LogP contribution in [0.3, 0.4) is 0 Å². The van der Waals surface area contributed by atoms with Gasteiger partial charge in [0.05, 0.1) is 15.5 Å². The smallest absolute Gasteiger partial charge is 0.273 e. The molecular formula is C16H17N3O4S. The molecule has 0 atom stereocenters. The van der Waals surface area contributed by atoms with Crippen molar-refractivity contribution >= 4 is 27.1 Å². The summed E-state index contributed by atoms with van der Waals surface area (Å²) in [6.07, 6.45) is 1.36. The Bertz CT molecular complexity index is 925. The maximum absolute atomic E-state index is 13.1. The number of nitrogens with zero attached hydrogens (tertiary/aromatic N) is 2. The summed E-state index contributed by atoms with van der Waals surface area (Å²) >= 11 is 0. The molecule has 2 N–H and O–H groups in total. The highest BCUT2D eigenvalue weighted by molar-refractivity contribution is 7.92. The van der Waals surface area contributed by atoms with Crippen LogP contribution in [0, 0.1) is 17.0 Å². The zero-order chi connectivity index (χ0) is 17.5. The van der Waals surface area contributed by atoms with Crippen LogP contribution in [0.5, 0.6) is 0 Å². The van der Waals surface area contributed by atoms with Gasteiger partial charge in [0.15, 0.2) is 0 Å². The van der Waals surface area contributed by atoms with Crippen molar-refractivity contribution in [2.24, 2.45) is 0 Å². The number of benzene rings is 2. The SMILES string of the molecule is Cc1c([N+](=O)[O-])cccc1S(=O)(=O)N1CCCc2c(N)cccc21. The number of anilines is 2. The Balaban J connectivity index is 2.16. The molecule has 0 spiro atoms. The van der Waals surface area contributed by atoms with E-state index in [9.17, 15) is 18.5 Å². The molecule has 24 heavy (non-hydrogen) atoms. The Labute approximate surface area is 139 Å². The third-order valence-electron chi connectivity index (χ3n) is 4.26. The lowest BCUT2D eigenvalue weighted by atomic mass is 10.0. The van der Waals surface area contributed by atoms with Crippen molar-refractivity contribution in [1.82, 2.24) is 0 Å². The fraction of sp³-hybridized carbons (Fsp3) is 0.250. The van der Waals surface area contributed by atoms with Crippen LogP contribution in [0.25, 0.3) is 0 Å². The molecular weight excluding hydrogens is 330 g/mol. The van der Waals surface area contributed by atoms with Crippen LogP contribution >= 0.6 is 0 Å². The van der Waals surface area contributed by atoms with E-state index in [1.807, 2.05) is 0 Å². The van der Waals surface area contributed by atoms with Gasteiger partial charge in [0.2, 0.25) is 0 Å². The summed E-state index contributed by atoms with van der Waals surface area (Å²) in [6, 6.07) is 9.27. The third kappa shape index (κ3) is 2.48. The summed E-state index contributed by atoms with van der Waals surface area (Å²) in [4.78, 5) is 10.5. The quantitative estimate of drug-likeness (QED) is 0.522. The number of nitro benzene ring substituents is 1. The molecule has 0 saturated carbocycles. The summed E-state index contributed by atoms with van der Waals surface area (Å²) in [5.74, 6) is 0. The van der Waals surface area contributed by atoms with Gasteiger partial charge >= 0.3 is 0 Å². The molecule has 2 aromatic rings. The Morgan fingerprint density at radius 2 is 1.92 bits per heavy atom. The molecule has 0 aliphatic carbocycles. The number of fused-ring (bicyclic) bond motifs is 1. The van der Waals surface area contributed by atoms with Crippen molar-refractivity contribution < 1.29 is 13.3 Å². The first-order chi connectivity index (χ1) is 11.3. The van der Waals surface area contributed by atoms with Crippen molar-refractivity contribution in [3.63, 3.8) is 0 Å². The monoisotopic (exact) mass is 347 g/mol. The van der Waals surface area contributed by atoms with E-state index in [1.165, 1.54) is 29.4 Å². The lowest BCUT2D eigenvalue weighted by Gasteiger charge is -2.31. The van der Waals surface area contributed by atoms with Gasteiger partial charge in [-0.3, -0.25) is 14.4 Å². The minimum absolute atomic E-state index is 0.0491. The van der Waals surface area contributed by atoms with Gasteiger partial charge in [-0.25, -0.2) is 8.42 Å². The Morgan fingerprint density at radius 1 is 1.21 bits per heavy atom. The second-order valence-electron chi connectivity index (χ2n) is 5.68. The molecule has 0 amide bonds. The lowest BCUT2D eigenvalue weighted by molar-refractivity contribution is -0.385. The number of nitrogens with two attached hydrogens (primary N) is 1. The minimum Gasteiger partial charge on any atom is -0.398 e. The predicted molar refractivity (Wildman–Crippen MR) is 91.5 cm³/mol. The van der Waals surface area contributed by atoms with Gasteiger partial charge in [-0.05, 0) is 43.5 Å². The van der Waals surface area contributed by atoms with Gasteiger partial charge in [-0.2, -0.15) is 0 Å². The number of rotatable bonds is 3. The van der Waals surface area contributed by atoms with Crippen LogP contribution in [-0.2, 0) is 16.4 Å². The van der Waals surface area contributed by atoms with Crippen molar-refractivity contribution in [1.29, 1.82) is 0 Å². The van der Waals surface area contributed by atoms with Crippen molar-refractivity contribution in [3.8, 4) is 0 Å². The highest BCUT2D eigenvalue weighted by atomic mass is 32.2. The average molecular weight is 347 g/mol. The Hall–Kier alpha value is -2.61. The van der Waals surface area contributed by atoms with Gasteiger partial charge in [-0.15, -0.1) is 0 Å². The topological polar surface area (TPSA) is 107 Å². The molecule has 126 valence electrons. The molecule has 3 rings (SSSR count). The minimum atomic E-state index is -3.91. The molecule has 1 aliphatic rings. The predicted octanol–water partition coefficient (Wildman–Crippen LogP) is 2.63. The maximum atomic E-state index is 13.1. The van der Waals surface area contributed by atoms with E-state index in [-0.39, 0.29) is 16.1 Å². The Kier molecular flexibility index (Phi) is 3.92. The fourth-order valence-electron chi connectivity index (χ4n) is 3.07. The highest BCUT2D eigenvalue weighted by Gasteiger charge is 2.32. The van der Waals surface area contributed by atoms with E-state index in [2.05, 4.69) is 0 Å². The second kappa shape index (κ2) is 5.79. The fourth-order valence-corrected chi connectivity index (χ4v) is 4.85. The molecule has 0 fully saturated rings. The zero-order valence-corrected chi connectivity index (χ0v) is 13.9. The van der Waals surface area contributed by atoms with Crippen molar-refractivity contribution in [2.75, 3.05) is 16.6 Å². The number of sulfonamides is 1. The van der Waals surface area contributed by atoms with Crippen LogP contribution in [0.4, 0.5) is 17.1 Å². The number of hydrogen-bond acceptors (Lipinski definition) is 5. The van der Waals surface area contributed by atoms with Crippen LogP contribution in [-0.4, -0.2) is 19.9 Å². The van der Waals surface area contributed by atoms with Gasteiger partial charge in [-0.1, -0.05) is 12.1 Å². The third-order valence-corrected chi connectivity index (χ3v) is 6.22. The molecule has 2 aromatic carbocycles. The molecule has 0 unspecified atom stereocenters. The summed E-state index contributed by atoms with van der Waals surface area (Å²) in [7, 11) is -3.91. The number of nitrogen functional groups attached to an aromatic ring is 1. The Morgan fingerprint density at radius 3 is 2.62 bits per heavy atom. The van der Waals surface area contributed by atoms with E-state index < -0.39 is 14.9 Å². The molecule has 0 saturated heterocycles. The van der Waals surface area contributed by atoms with Crippen molar-refractivity contribution in [3.05, 3.63) is 57.6 Å². The van der Waals surface area contributed by atoms with Crippen LogP contribution in [0.2, 0.25) is 0 Å². The van der Waals surface area contributed by atoms with E-state index in [1.54, 1.807) is 18.2 Å². The van der Waals surface area contributed by atoms with Gasteiger partial charge in [0.25, 0.3) is 15.7 Å². The van der Waals surface area contributed by atoms with Crippen LogP contribution in [0.1, 0.15) is 17.5 Å². The van der Waals surface area contributed by atoms with Crippen molar-refractivity contribution in [2.45, 2.75) is 24.7 Å². The van der Waals surface area contributed by atoms with Gasteiger partial charge in [0, 0.05) is 23.9 Å². The average Bonchev–Trinajstić information content (AvgIpc) is 2.54. The summed E-state index contributed by atoms with van der Waals surface area (Å²) in [5.41, 5.74) is 7.81. The lowest BCUT2D eigenvalue weighted by Crippen LogP contribution is -2.36. The van der Waals surface area contributed by atoms with E-state index in [4.69, 9.17) is 5.73 Å². The maximum Gasteiger partial charge on any atom is 0.273 e. The van der Waals surface area contributed by atoms with Gasteiger partial charge in [0.1, 0.15) is 0 Å². The molecule has 8 heteroatoms. The van der Waals surface area contributed by atoms with Crippen LogP contribution in [0.15, 0.2) is 41.3 Å². The summed E-state index contributed by atoms with van der Waals surface area (Å²) < 4.78 is 27.5. The number of nitro groups is 1. The van der Waals surface area contributed by atoms with Crippen LogP contribution < -0.4 is 10.0 Å². The van der Waals surface area contributed by atoms with E-state index >= 15 is 0 Å². The van der Waals surface area contributed by atoms with E-state index in [0.29, 0.717) is 30.8 Å². The summed E-state index contributed by atoms with van der Waals surface area (Å²) in [6.45, 7) is 1.77. The highest BCUT2D eigenvalue weighted by Crippen LogP contribution is 2.36. The largest absolute Gasteiger partial charge is 0.398 e. The second-order valence-corrected chi connectivity index (χ2v) is 7.51. The first-order valence-electron chi connectivity index (χ1n) is 7.48. The standard InChI is InChI=1S/C16H17N3O4S/c1-11-14(19(20)21)7-3-9-16(11)24(22,23)18-10-4-5-12-13(17)6-2-8-15(12)18/h2-3,6-9H,4-5,10,17H2,1H3. The zero-order valence-electron chi connectivity index (χ0n) is 13.1. The normalized spacial score (nSPS) is 14.3. The van der Waals surface area contributed by atoms with E-state index in [0.717, 1.165) is 5.56 Å². The molecule has 1 aliphatic heterocycles. The number of hydrogen-bond donors (Lipinski definition) is 1. The molecule has 0 radical (unpaired) electrons. The first kappa shape index (κ1) is 16.3. The molecule has 0 aromatic heterocycles. The van der Waals surface area contributed by atoms with Gasteiger partial charge < -0.3 is 5.73 Å². The molecule has 1 heterocycles. The molecule has 7 nitrogen and oxygen atoms in total. The summed E-state index contributed by atoms with van der Waals surface area (Å²) in [5, 5.41) is 11.1. The first-order valence-corrected chi connectivity index (χ1v) is 8.92.